The van der Waals surface area contributed by atoms with Crippen LogP contribution in [0.4, 0.5) is 28.1 Å². The topological polar surface area (TPSA) is 115 Å². The number of rotatable bonds is 2. The number of hydrogen-bond donors (Lipinski definition) is 3. The molecule has 2 heterocycles. The van der Waals surface area contributed by atoms with Crippen LogP contribution in [-0.4, -0.2) is 34.9 Å². The van der Waals surface area contributed by atoms with Gasteiger partial charge in [-0.25, -0.2) is 9.79 Å². The van der Waals surface area contributed by atoms with E-state index in [1.54, 1.807) is 0 Å². The third kappa shape index (κ3) is 2.91. The van der Waals surface area contributed by atoms with E-state index in [2.05, 4.69) is 30.3 Å². The Hall–Kier alpha value is -3.16. The molecule has 2 aromatic rings. The number of fused-ring (bicyclic) bond motifs is 1. The Bertz CT molecular complexity index is 775. The van der Waals surface area contributed by atoms with Crippen LogP contribution in [0.1, 0.15) is 12.5 Å². The third-order valence-electron chi connectivity index (χ3n) is 3.38. The molecule has 0 saturated carbocycles. The zero-order valence-electron chi connectivity index (χ0n) is 12.7. The number of nitrogens with zero attached hydrogens (tertiary/aromatic N) is 3. The molecule has 1 aromatic heterocycles. The van der Waals surface area contributed by atoms with Gasteiger partial charge in [0.05, 0.1) is 18.9 Å². The monoisotopic (exact) mass is 312 g/mol. The first kappa shape index (κ1) is 14.8. The van der Waals surface area contributed by atoms with Gasteiger partial charge in [-0.3, -0.25) is 5.32 Å². The average molecular weight is 312 g/mol. The zero-order chi connectivity index (χ0) is 16.4. The molecule has 4 N–H and O–H groups in total. The van der Waals surface area contributed by atoms with Crippen LogP contribution in [0.25, 0.3) is 0 Å². The number of aromatic nitrogens is 2. The SMILES string of the molecule is COC(=O)Nc1nc(N)c2c(n1)N[C@@H](C)C(c1ccccc1)=N2. The van der Waals surface area contributed by atoms with Gasteiger partial charge in [0.1, 0.15) is 5.69 Å². The Morgan fingerprint density at radius 1 is 1.30 bits per heavy atom. The first-order chi connectivity index (χ1) is 11.1. The third-order valence-corrected chi connectivity index (χ3v) is 3.38. The fourth-order valence-electron chi connectivity index (χ4n) is 2.30. The van der Waals surface area contributed by atoms with Crippen molar-refractivity contribution in [1.82, 2.24) is 9.97 Å². The van der Waals surface area contributed by atoms with Crippen molar-refractivity contribution in [2.45, 2.75) is 13.0 Å². The smallest absolute Gasteiger partial charge is 0.413 e. The molecule has 8 nitrogen and oxygen atoms in total. The summed E-state index contributed by atoms with van der Waals surface area (Å²) in [5.74, 6) is 0.705. The molecule has 0 radical (unpaired) electrons. The first-order valence-electron chi connectivity index (χ1n) is 7.01. The van der Waals surface area contributed by atoms with Crippen molar-refractivity contribution in [3.05, 3.63) is 35.9 Å². The molecular formula is C15H16N6O2. The number of nitrogens with one attached hydrogen (secondary N) is 2. The van der Waals surface area contributed by atoms with Crippen molar-refractivity contribution >= 4 is 35.1 Å². The van der Waals surface area contributed by atoms with E-state index < -0.39 is 6.09 Å². The zero-order valence-corrected chi connectivity index (χ0v) is 12.7. The summed E-state index contributed by atoms with van der Waals surface area (Å²) in [5.41, 5.74) is 8.25. The number of nitrogen functional groups attached to an aromatic ring is 1. The van der Waals surface area contributed by atoms with E-state index in [1.165, 1.54) is 7.11 Å². The molecule has 8 heteroatoms. The Labute approximate surface area is 132 Å². The van der Waals surface area contributed by atoms with Gasteiger partial charge in [-0.1, -0.05) is 30.3 Å². The lowest BCUT2D eigenvalue weighted by molar-refractivity contribution is 0.186. The summed E-state index contributed by atoms with van der Waals surface area (Å²) >= 11 is 0. The molecule has 0 aliphatic carbocycles. The number of hydrogen-bond acceptors (Lipinski definition) is 7. The maximum atomic E-state index is 11.3. The number of benzene rings is 1. The second-order valence-electron chi connectivity index (χ2n) is 4.98. The van der Waals surface area contributed by atoms with Crippen LogP contribution in [-0.2, 0) is 4.74 Å². The first-order valence-corrected chi connectivity index (χ1v) is 7.01. The van der Waals surface area contributed by atoms with Crippen molar-refractivity contribution in [3.8, 4) is 0 Å². The van der Waals surface area contributed by atoms with Gasteiger partial charge in [0, 0.05) is 0 Å². The second-order valence-corrected chi connectivity index (χ2v) is 4.98. The van der Waals surface area contributed by atoms with Crippen LogP contribution >= 0.6 is 0 Å². The maximum absolute atomic E-state index is 11.3. The lowest BCUT2D eigenvalue weighted by Gasteiger charge is -2.24. The number of nitrogens with two attached hydrogens (primary N) is 1. The van der Waals surface area contributed by atoms with E-state index in [-0.39, 0.29) is 17.8 Å². The lowest BCUT2D eigenvalue weighted by Crippen LogP contribution is -2.30. The summed E-state index contributed by atoms with van der Waals surface area (Å²) < 4.78 is 4.52. The molecule has 1 aliphatic rings. The molecule has 0 bridgehead atoms. The van der Waals surface area contributed by atoms with Gasteiger partial charge in [-0.05, 0) is 12.5 Å². The van der Waals surface area contributed by atoms with Crippen LogP contribution in [0.2, 0.25) is 0 Å². The van der Waals surface area contributed by atoms with Crippen LogP contribution in [0.5, 0.6) is 0 Å². The van der Waals surface area contributed by atoms with E-state index in [9.17, 15) is 4.79 Å². The van der Waals surface area contributed by atoms with Crippen molar-refractivity contribution in [3.63, 3.8) is 0 Å². The van der Waals surface area contributed by atoms with Gasteiger partial charge in [0.25, 0.3) is 0 Å². The Kier molecular flexibility index (Phi) is 3.80. The molecule has 1 aliphatic heterocycles. The molecule has 118 valence electrons. The molecule has 23 heavy (non-hydrogen) atoms. The molecule has 0 fully saturated rings. The predicted molar refractivity (Wildman–Crippen MR) is 88.2 cm³/mol. The highest BCUT2D eigenvalue weighted by Gasteiger charge is 2.24. The highest BCUT2D eigenvalue weighted by atomic mass is 16.5. The molecule has 0 spiro atoms. The molecule has 1 atom stereocenters. The highest BCUT2D eigenvalue weighted by molar-refractivity contribution is 6.09. The van der Waals surface area contributed by atoms with Crippen LogP contribution in [0.15, 0.2) is 35.3 Å². The van der Waals surface area contributed by atoms with Crippen LogP contribution in [0, 0.1) is 0 Å². The van der Waals surface area contributed by atoms with Gasteiger partial charge in [0.15, 0.2) is 11.6 Å². The van der Waals surface area contributed by atoms with Crippen molar-refractivity contribution < 1.29 is 9.53 Å². The minimum Gasteiger partial charge on any atom is -0.453 e. The standard InChI is InChI=1S/C15H16N6O2/c1-8-10(9-6-4-3-5-7-9)18-11-12(16)19-14(20-13(11)17-8)21-15(22)23-2/h3-8H,1-2H3,(H4,16,17,19,20,21,22)/t8-/m0/s1. The minimum absolute atomic E-state index is 0.0613. The lowest BCUT2D eigenvalue weighted by atomic mass is 10.0. The number of carbonyl (C=O) groups is 1. The minimum atomic E-state index is -0.665. The average Bonchev–Trinajstić information content (AvgIpc) is 2.55. The number of amides is 1. The normalized spacial score (nSPS) is 15.9. The van der Waals surface area contributed by atoms with E-state index in [1.807, 2.05) is 37.3 Å². The largest absolute Gasteiger partial charge is 0.453 e. The summed E-state index contributed by atoms with van der Waals surface area (Å²) in [4.78, 5) is 24.1. The molecule has 3 rings (SSSR count). The summed E-state index contributed by atoms with van der Waals surface area (Å²) in [5, 5.41) is 5.62. The molecule has 1 aromatic carbocycles. The van der Waals surface area contributed by atoms with Crippen LogP contribution in [0.3, 0.4) is 0 Å². The van der Waals surface area contributed by atoms with Gasteiger partial charge in [-0.2, -0.15) is 9.97 Å². The number of carbonyl (C=O) groups excluding carboxylic acids is 1. The Morgan fingerprint density at radius 3 is 2.74 bits per heavy atom. The second kappa shape index (κ2) is 5.91. The van der Waals surface area contributed by atoms with E-state index in [0.717, 1.165) is 11.3 Å². The Morgan fingerprint density at radius 2 is 2.04 bits per heavy atom. The van der Waals surface area contributed by atoms with Gasteiger partial charge < -0.3 is 15.8 Å². The highest BCUT2D eigenvalue weighted by Crippen LogP contribution is 2.34. The summed E-state index contributed by atoms with van der Waals surface area (Å²) in [6.45, 7) is 1.97. The van der Waals surface area contributed by atoms with Crippen molar-refractivity contribution in [1.29, 1.82) is 0 Å². The summed E-state index contributed by atoms with van der Waals surface area (Å²) in [6, 6.07) is 9.73. The molecular weight excluding hydrogens is 296 g/mol. The van der Waals surface area contributed by atoms with E-state index >= 15 is 0 Å². The Balaban J connectivity index is 2.01. The predicted octanol–water partition coefficient (Wildman–Crippen LogP) is 2.17. The van der Waals surface area contributed by atoms with Crippen LogP contribution < -0.4 is 16.4 Å². The number of anilines is 3. The van der Waals surface area contributed by atoms with Gasteiger partial charge >= 0.3 is 6.09 Å². The molecule has 0 unspecified atom stereocenters. The fraction of sp³-hybridized carbons (Fsp3) is 0.200. The summed E-state index contributed by atoms with van der Waals surface area (Å²) in [6.07, 6.45) is -0.665. The van der Waals surface area contributed by atoms with E-state index in [4.69, 9.17) is 5.73 Å². The quantitative estimate of drug-likeness (QED) is 0.783. The fourth-order valence-corrected chi connectivity index (χ4v) is 2.30. The van der Waals surface area contributed by atoms with Gasteiger partial charge in [-0.15, -0.1) is 0 Å². The van der Waals surface area contributed by atoms with Crippen molar-refractivity contribution in [2.75, 3.05) is 23.5 Å². The number of methoxy groups -OCH3 is 1. The molecule has 1 amide bonds. The number of ether oxygens (including phenoxy) is 1. The van der Waals surface area contributed by atoms with Crippen molar-refractivity contribution in [2.24, 2.45) is 4.99 Å². The number of aliphatic imine (C=N–C) groups is 1. The van der Waals surface area contributed by atoms with Gasteiger partial charge in [0.2, 0.25) is 5.95 Å². The van der Waals surface area contributed by atoms with E-state index in [0.29, 0.717) is 11.5 Å². The molecule has 0 saturated heterocycles. The maximum Gasteiger partial charge on any atom is 0.413 e. The summed E-state index contributed by atoms with van der Waals surface area (Å²) in [7, 11) is 1.26.